The zero-order valence-electron chi connectivity index (χ0n) is 18.6. The van der Waals surface area contributed by atoms with Crippen molar-refractivity contribution in [1.82, 2.24) is 0 Å². The first-order chi connectivity index (χ1) is 15.6. The van der Waals surface area contributed by atoms with Crippen molar-refractivity contribution in [2.24, 2.45) is 0 Å². The number of Topliss-reactive ketones (excluding diaryl/α,β-unsaturated/α-hetero) is 2. The quantitative estimate of drug-likeness (QED) is 0.325. The van der Waals surface area contributed by atoms with Crippen molar-refractivity contribution in [3.05, 3.63) is 52.8 Å². The number of hydrogen-bond donors (Lipinski definition) is 2. The highest BCUT2D eigenvalue weighted by Crippen LogP contribution is 2.33. The Hall–Kier alpha value is -3.07. The monoisotopic (exact) mass is 478 g/mol. The van der Waals surface area contributed by atoms with Gasteiger partial charge in [0, 0.05) is 22.6 Å². The zero-order valence-corrected chi connectivity index (χ0v) is 19.4. The van der Waals surface area contributed by atoms with Gasteiger partial charge in [0.05, 0.1) is 35.0 Å². The maximum absolute atomic E-state index is 14.3. The van der Waals surface area contributed by atoms with Gasteiger partial charge >= 0.3 is 5.97 Å². The third-order valence-corrected chi connectivity index (χ3v) is 6.36. The van der Waals surface area contributed by atoms with Gasteiger partial charge in [-0.05, 0) is 50.1 Å². The molecule has 9 heteroatoms. The van der Waals surface area contributed by atoms with Crippen LogP contribution in [0, 0.1) is 5.82 Å². The van der Waals surface area contributed by atoms with Crippen molar-refractivity contribution >= 4 is 28.3 Å². The van der Waals surface area contributed by atoms with E-state index in [0.29, 0.717) is 24.2 Å². The minimum Gasteiger partial charge on any atom is -0.507 e. The molecule has 2 rings (SSSR count). The van der Waals surface area contributed by atoms with Gasteiger partial charge in [-0.15, -0.1) is 0 Å². The Kier molecular flexibility index (Phi) is 9.72. The molecule has 0 spiro atoms. The highest BCUT2D eigenvalue weighted by molar-refractivity contribution is 7.85. The number of ether oxygens (including phenoxy) is 1. The van der Waals surface area contributed by atoms with Crippen LogP contribution in [0.15, 0.2) is 35.2 Å². The average molecular weight is 479 g/mol. The topological polar surface area (TPSA) is 118 Å². The number of phenolic OH excluding ortho intramolecular Hbond substituents is 1. The Morgan fingerprint density at radius 1 is 1.09 bits per heavy atom. The molecule has 2 N–H and O–H groups in total. The molecular formula is C24H27FO7S. The van der Waals surface area contributed by atoms with Gasteiger partial charge in [-0.2, -0.15) is 0 Å². The number of carbonyl (C=O) groups is 3. The SMILES string of the molecule is CCCc1c(OCCCS(=O)c2ccc(C(=O)CCC(=O)O)c(F)c2)ccc(C(C)=O)c1O. The summed E-state index contributed by atoms with van der Waals surface area (Å²) in [5, 5.41) is 19.0. The second kappa shape index (κ2) is 12.2. The number of benzene rings is 2. The van der Waals surface area contributed by atoms with E-state index in [4.69, 9.17) is 9.84 Å². The number of aliphatic carboxylic acids is 1. The maximum atomic E-state index is 14.3. The molecule has 0 aliphatic carbocycles. The lowest BCUT2D eigenvalue weighted by Gasteiger charge is -2.14. The van der Waals surface area contributed by atoms with Gasteiger partial charge in [0.2, 0.25) is 0 Å². The summed E-state index contributed by atoms with van der Waals surface area (Å²) >= 11 is 0. The van der Waals surface area contributed by atoms with Crippen LogP contribution >= 0.6 is 0 Å². The van der Waals surface area contributed by atoms with Crippen LogP contribution in [0.3, 0.4) is 0 Å². The molecule has 33 heavy (non-hydrogen) atoms. The summed E-state index contributed by atoms with van der Waals surface area (Å²) in [4.78, 5) is 34.3. The number of aromatic hydroxyl groups is 1. The Labute approximate surface area is 194 Å². The van der Waals surface area contributed by atoms with E-state index in [0.717, 1.165) is 12.5 Å². The molecular weight excluding hydrogens is 451 g/mol. The largest absolute Gasteiger partial charge is 0.507 e. The first-order valence-corrected chi connectivity index (χ1v) is 11.9. The summed E-state index contributed by atoms with van der Waals surface area (Å²) in [7, 11) is -1.53. The predicted octanol–water partition coefficient (Wildman–Crippen LogP) is 4.31. The third-order valence-electron chi connectivity index (χ3n) is 4.92. The van der Waals surface area contributed by atoms with E-state index in [-0.39, 0.29) is 52.8 Å². The van der Waals surface area contributed by atoms with Gasteiger partial charge in [0.15, 0.2) is 11.6 Å². The second-order valence-electron chi connectivity index (χ2n) is 7.45. The van der Waals surface area contributed by atoms with Gasteiger partial charge in [-0.25, -0.2) is 4.39 Å². The molecule has 1 unspecified atom stereocenters. The summed E-state index contributed by atoms with van der Waals surface area (Å²) in [6, 6.07) is 6.79. The summed E-state index contributed by atoms with van der Waals surface area (Å²) in [5.74, 6) is -2.28. The molecule has 0 bridgehead atoms. The molecule has 0 fully saturated rings. The van der Waals surface area contributed by atoms with E-state index in [1.807, 2.05) is 6.92 Å². The normalized spacial score (nSPS) is 11.7. The lowest BCUT2D eigenvalue weighted by atomic mass is 10.0. The number of phenols is 1. The standard InChI is InChI=1S/C24H27FO7S/c1-3-5-19-22(10-8-17(15(2)26)24(19)30)32-12-4-13-33(31)16-6-7-18(20(25)14-16)21(27)9-11-23(28)29/h6-8,10,14,30H,3-5,9,11-13H2,1-2H3,(H,28,29). The number of carbonyl (C=O) groups excluding carboxylic acids is 2. The first kappa shape index (κ1) is 26.2. The van der Waals surface area contributed by atoms with Crippen LogP contribution in [-0.4, -0.2) is 44.3 Å². The van der Waals surface area contributed by atoms with Gasteiger partial charge in [0.25, 0.3) is 0 Å². The molecule has 2 aromatic rings. The Bertz CT molecular complexity index is 1070. The molecule has 0 aliphatic heterocycles. The van der Waals surface area contributed by atoms with Gasteiger partial charge in [-0.3, -0.25) is 18.6 Å². The van der Waals surface area contributed by atoms with E-state index < -0.39 is 28.4 Å². The van der Waals surface area contributed by atoms with E-state index in [1.54, 1.807) is 6.07 Å². The highest BCUT2D eigenvalue weighted by atomic mass is 32.2. The van der Waals surface area contributed by atoms with Crippen LogP contribution in [0.5, 0.6) is 11.5 Å². The minimum atomic E-state index is -1.53. The van der Waals surface area contributed by atoms with Crippen molar-refractivity contribution in [2.75, 3.05) is 12.4 Å². The lowest BCUT2D eigenvalue weighted by Crippen LogP contribution is -2.09. The zero-order chi connectivity index (χ0) is 24.5. The molecule has 2 aromatic carbocycles. The van der Waals surface area contributed by atoms with Crippen molar-refractivity contribution in [1.29, 1.82) is 0 Å². The average Bonchev–Trinajstić information content (AvgIpc) is 2.76. The molecule has 0 saturated heterocycles. The van der Waals surface area contributed by atoms with Crippen LogP contribution < -0.4 is 4.74 Å². The van der Waals surface area contributed by atoms with E-state index in [2.05, 4.69) is 0 Å². The molecule has 0 aliphatic rings. The van der Waals surface area contributed by atoms with Gasteiger partial charge in [0.1, 0.15) is 17.3 Å². The molecule has 0 aromatic heterocycles. The second-order valence-corrected chi connectivity index (χ2v) is 9.03. The number of rotatable bonds is 13. The van der Waals surface area contributed by atoms with Crippen molar-refractivity contribution in [3.8, 4) is 11.5 Å². The molecule has 7 nitrogen and oxygen atoms in total. The van der Waals surface area contributed by atoms with E-state index >= 15 is 0 Å². The van der Waals surface area contributed by atoms with E-state index in [9.17, 15) is 28.1 Å². The first-order valence-electron chi connectivity index (χ1n) is 10.6. The van der Waals surface area contributed by atoms with Gasteiger partial charge < -0.3 is 14.9 Å². The van der Waals surface area contributed by atoms with Crippen LogP contribution in [0.2, 0.25) is 0 Å². The Morgan fingerprint density at radius 2 is 1.79 bits per heavy atom. The molecule has 0 radical (unpaired) electrons. The lowest BCUT2D eigenvalue weighted by molar-refractivity contribution is -0.136. The summed E-state index contributed by atoms with van der Waals surface area (Å²) in [5.41, 5.74) is 0.563. The third kappa shape index (κ3) is 7.21. The molecule has 1 atom stereocenters. The minimum absolute atomic E-state index is 0.0844. The Morgan fingerprint density at radius 3 is 2.39 bits per heavy atom. The van der Waals surface area contributed by atoms with Crippen LogP contribution in [0.25, 0.3) is 0 Å². The smallest absolute Gasteiger partial charge is 0.303 e. The number of ketones is 2. The van der Waals surface area contributed by atoms with Crippen LogP contribution in [0.4, 0.5) is 4.39 Å². The maximum Gasteiger partial charge on any atom is 0.303 e. The van der Waals surface area contributed by atoms with Crippen molar-refractivity contribution in [2.45, 2.75) is 50.8 Å². The summed E-state index contributed by atoms with van der Waals surface area (Å²) in [6.07, 6.45) is 0.963. The fourth-order valence-electron chi connectivity index (χ4n) is 3.24. The van der Waals surface area contributed by atoms with E-state index in [1.165, 1.54) is 25.1 Å². The fraction of sp³-hybridized carbons (Fsp3) is 0.375. The molecule has 0 heterocycles. The Balaban J connectivity index is 1.96. The van der Waals surface area contributed by atoms with Crippen LogP contribution in [-0.2, 0) is 22.0 Å². The predicted molar refractivity (Wildman–Crippen MR) is 121 cm³/mol. The molecule has 0 amide bonds. The number of halogens is 1. The molecule has 0 saturated carbocycles. The van der Waals surface area contributed by atoms with Gasteiger partial charge in [-0.1, -0.05) is 13.3 Å². The fourth-order valence-corrected chi connectivity index (χ4v) is 4.31. The highest BCUT2D eigenvalue weighted by Gasteiger charge is 2.17. The van der Waals surface area contributed by atoms with Crippen molar-refractivity contribution < 1.29 is 37.9 Å². The number of carboxylic acids is 1. The summed E-state index contributed by atoms with van der Waals surface area (Å²) < 4.78 is 32.5. The van der Waals surface area contributed by atoms with Crippen LogP contribution in [0.1, 0.15) is 65.8 Å². The van der Waals surface area contributed by atoms with Crippen molar-refractivity contribution in [3.63, 3.8) is 0 Å². The number of carboxylic acid groups (broad SMARTS) is 1. The molecule has 178 valence electrons. The summed E-state index contributed by atoms with van der Waals surface area (Å²) in [6.45, 7) is 3.52. The number of hydrogen-bond acceptors (Lipinski definition) is 6.